The molecule has 3 aromatic rings. The summed E-state index contributed by atoms with van der Waals surface area (Å²) in [6.07, 6.45) is 1.66. The van der Waals surface area contributed by atoms with Gasteiger partial charge < -0.3 is 0 Å². The summed E-state index contributed by atoms with van der Waals surface area (Å²) in [5.74, 6) is 0.497. The highest BCUT2D eigenvalue weighted by Crippen LogP contribution is 2.25. The maximum atomic E-state index is 12.7. The zero-order valence-corrected chi connectivity index (χ0v) is 17.4. The number of fused-ring (bicyclic) bond motifs is 1. The molecule has 0 spiro atoms. The Hall–Kier alpha value is -1.94. The number of hydrogen-bond donors (Lipinski definition) is 0. The topological polar surface area (TPSA) is 72.3 Å². The fourth-order valence-corrected chi connectivity index (χ4v) is 5.21. The highest BCUT2D eigenvalue weighted by molar-refractivity contribution is 7.98. The molecule has 0 saturated carbocycles. The molecule has 3 rings (SSSR count). The smallest absolute Gasteiger partial charge is 0.263 e. The van der Waals surface area contributed by atoms with E-state index in [0.717, 1.165) is 5.56 Å². The molecule has 0 amide bonds. The van der Waals surface area contributed by atoms with Crippen molar-refractivity contribution >= 4 is 43.3 Å². The van der Waals surface area contributed by atoms with Gasteiger partial charge in [-0.2, -0.15) is 0 Å². The maximum absolute atomic E-state index is 12.7. The Morgan fingerprint density at radius 1 is 1.33 bits per heavy atom. The van der Waals surface area contributed by atoms with Crippen LogP contribution in [0, 0.1) is 0 Å². The average molecular weight is 422 g/mol. The fraction of sp³-hybridized carbons (Fsp3) is 0.222. The molecule has 142 valence electrons. The van der Waals surface area contributed by atoms with Gasteiger partial charge in [-0.25, -0.2) is 17.7 Å². The van der Waals surface area contributed by atoms with E-state index in [1.54, 1.807) is 34.9 Å². The summed E-state index contributed by atoms with van der Waals surface area (Å²) in [5, 5.41) is 3.04. The van der Waals surface area contributed by atoms with Crippen LogP contribution in [0.3, 0.4) is 0 Å². The third-order valence-corrected chi connectivity index (χ3v) is 7.57. The number of sulfonamides is 1. The van der Waals surface area contributed by atoms with Crippen LogP contribution in [0.1, 0.15) is 5.56 Å². The number of thiophene rings is 1. The molecular weight excluding hydrogens is 402 g/mol. The van der Waals surface area contributed by atoms with E-state index >= 15 is 0 Å². The van der Waals surface area contributed by atoms with Crippen LogP contribution in [-0.2, 0) is 22.3 Å². The third-order valence-electron chi connectivity index (χ3n) is 3.91. The van der Waals surface area contributed by atoms with Crippen LogP contribution in [0.2, 0.25) is 0 Å². The number of thioether (sulfide) groups is 1. The molecule has 1 aromatic carbocycles. The molecule has 2 heterocycles. The summed E-state index contributed by atoms with van der Waals surface area (Å²) in [6, 6.07) is 8.59. The first-order chi connectivity index (χ1) is 12.8. The van der Waals surface area contributed by atoms with Gasteiger partial charge in [-0.15, -0.1) is 17.9 Å². The van der Waals surface area contributed by atoms with Crippen LogP contribution in [0.5, 0.6) is 0 Å². The molecule has 27 heavy (non-hydrogen) atoms. The minimum absolute atomic E-state index is 0.0902. The molecule has 0 aliphatic rings. The summed E-state index contributed by atoms with van der Waals surface area (Å²) in [6.45, 7) is 4.08. The predicted molar refractivity (Wildman–Crippen MR) is 111 cm³/mol. The van der Waals surface area contributed by atoms with Crippen molar-refractivity contribution in [3.63, 3.8) is 0 Å². The first-order valence-electron chi connectivity index (χ1n) is 8.08. The van der Waals surface area contributed by atoms with Crippen LogP contribution in [0.15, 0.2) is 63.2 Å². The van der Waals surface area contributed by atoms with Crippen LogP contribution >= 0.6 is 23.1 Å². The average Bonchev–Trinajstić information content (AvgIpc) is 3.11. The first-order valence-corrected chi connectivity index (χ1v) is 11.4. The Balaban J connectivity index is 1.92. The summed E-state index contributed by atoms with van der Waals surface area (Å²) >= 11 is 2.83. The van der Waals surface area contributed by atoms with Gasteiger partial charge in [0.05, 0.1) is 10.3 Å². The van der Waals surface area contributed by atoms with Gasteiger partial charge in [-0.05, 0) is 29.1 Å². The Morgan fingerprint density at radius 3 is 2.81 bits per heavy atom. The van der Waals surface area contributed by atoms with E-state index in [4.69, 9.17) is 0 Å². The molecule has 0 N–H and O–H groups in total. The van der Waals surface area contributed by atoms with E-state index in [1.807, 2.05) is 11.4 Å². The SMILES string of the molecule is C=CCn1c(SCc2cccc(S(=O)(=O)N(C)C)c2)nc2sccc2c1=O. The molecule has 0 radical (unpaired) electrons. The van der Waals surface area contributed by atoms with E-state index < -0.39 is 10.0 Å². The van der Waals surface area contributed by atoms with E-state index in [-0.39, 0.29) is 10.5 Å². The largest absolute Gasteiger partial charge is 0.283 e. The lowest BCUT2D eigenvalue weighted by Crippen LogP contribution is -2.22. The lowest BCUT2D eigenvalue weighted by molar-refractivity contribution is 0.520. The number of rotatable bonds is 7. The van der Waals surface area contributed by atoms with E-state index in [2.05, 4.69) is 11.6 Å². The van der Waals surface area contributed by atoms with Crippen LogP contribution in [0.4, 0.5) is 0 Å². The van der Waals surface area contributed by atoms with Crippen molar-refractivity contribution in [2.45, 2.75) is 22.3 Å². The standard InChI is InChI=1S/C18H19N3O3S3/c1-4-9-21-17(22)15-8-10-25-16(15)19-18(21)26-12-13-6-5-7-14(11-13)27(23,24)20(2)3/h4-8,10-11H,1,9,12H2,2-3H3. The van der Waals surface area contributed by atoms with Gasteiger partial charge in [0, 0.05) is 26.4 Å². The van der Waals surface area contributed by atoms with Gasteiger partial charge in [0.2, 0.25) is 10.0 Å². The van der Waals surface area contributed by atoms with Gasteiger partial charge in [0.1, 0.15) is 4.83 Å². The van der Waals surface area contributed by atoms with Crippen molar-refractivity contribution in [3.8, 4) is 0 Å². The fourth-order valence-electron chi connectivity index (χ4n) is 2.48. The van der Waals surface area contributed by atoms with Crippen molar-refractivity contribution in [3.05, 3.63) is 64.3 Å². The number of aromatic nitrogens is 2. The molecular formula is C18H19N3O3S3. The summed E-state index contributed by atoms with van der Waals surface area (Å²) in [4.78, 5) is 18.2. The van der Waals surface area contributed by atoms with E-state index in [9.17, 15) is 13.2 Å². The third kappa shape index (κ3) is 4.01. The van der Waals surface area contributed by atoms with E-state index in [1.165, 1.54) is 41.5 Å². The van der Waals surface area contributed by atoms with Crippen molar-refractivity contribution < 1.29 is 8.42 Å². The zero-order valence-electron chi connectivity index (χ0n) is 15.0. The highest BCUT2D eigenvalue weighted by Gasteiger charge is 2.17. The summed E-state index contributed by atoms with van der Waals surface area (Å²) < 4.78 is 27.4. The van der Waals surface area contributed by atoms with E-state index in [0.29, 0.717) is 27.7 Å². The number of allylic oxidation sites excluding steroid dienone is 1. The number of benzene rings is 1. The highest BCUT2D eigenvalue weighted by atomic mass is 32.2. The molecule has 2 aromatic heterocycles. The van der Waals surface area contributed by atoms with Crippen LogP contribution < -0.4 is 5.56 Å². The van der Waals surface area contributed by atoms with Crippen molar-refractivity contribution in [2.24, 2.45) is 0 Å². The van der Waals surface area contributed by atoms with Crippen molar-refractivity contribution in [1.29, 1.82) is 0 Å². The predicted octanol–water partition coefficient (Wildman–Crippen LogP) is 3.19. The second kappa shape index (κ2) is 7.97. The maximum Gasteiger partial charge on any atom is 0.263 e. The Bertz CT molecular complexity index is 1150. The van der Waals surface area contributed by atoms with Gasteiger partial charge in [0.15, 0.2) is 5.16 Å². The normalized spacial score (nSPS) is 12.0. The molecule has 0 atom stereocenters. The lowest BCUT2D eigenvalue weighted by atomic mass is 10.2. The molecule has 6 nitrogen and oxygen atoms in total. The Morgan fingerprint density at radius 2 is 2.11 bits per heavy atom. The zero-order chi connectivity index (χ0) is 19.6. The Kier molecular flexibility index (Phi) is 5.85. The van der Waals surface area contributed by atoms with Gasteiger partial charge in [-0.3, -0.25) is 9.36 Å². The molecule has 0 fully saturated rings. The first kappa shape index (κ1) is 19.8. The molecule has 0 bridgehead atoms. The lowest BCUT2D eigenvalue weighted by Gasteiger charge is -2.13. The molecule has 9 heteroatoms. The Labute approximate surface area is 166 Å². The molecule has 0 aliphatic heterocycles. The second-order valence-corrected chi connectivity index (χ2v) is 9.95. The van der Waals surface area contributed by atoms with Crippen LogP contribution in [-0.4, -0.2) is 36.4 Å². The summed E-state index contributed by atoms with van der Waals surface area (Å²) in [5.41, 5.74) is 0.751. The summed E-state index contributed by atoms with van der Waals surface area (Å²) in [7, 11) is -0.476. The van der Waals surface area contributed by atoms with Gasteiger partial charge >= 0.3 is 0 Å². The minimum atomic E-state index is -3.49. The quantitative estimate of drug-likeness (QED) is 0.333. The second-order valence-electron chi connectivity index (χ2n) is 5.96. The van der Waals surface area contributed by atoms with Gasteiger partial charge in [0.25, 0.3) is 5.56 Å². The van der Waals surface area contributed by atoms with Crippen molar-refractivity contribution in [2.75, 3.05) is 14.1 Å². The molecule has 0 aliphatic carbocycles. The number of nitrogens with zero attached hydrogens (tertiary/aromatic N) is 3. The van der Waals surface area contributed by atoms with Crippen LogP contribution in [0.25, 0.3) is 10.2 Å². The minimum Gasteiger partial charge on any atom is -0.283 e. The number of hydrogen-bond acceptors (Lipinski definition) is 6. The molecule has 0 unspecified atom stereocenters. The monoisotopic (exact) mass is 421 g/mol. The van der Waals surface area contributed by atoms with Gasteiger partial charge in [-0.1, -0.05) is 30.0 Å². The van der Waals surface area contributed by atoms with Crippen molar-refractivity contribution in [1.82, 2.24) is 13.9 Å². The molecule has 0 saturated heterocycles.